The Morgan fingerprint density at radius 3 is 2.03 bits per heavy atom. The molecular formula is C22H14Br2N4O6. The second kappa shape index (κ2) is 8.69. The Morgan fingerprint density at radius 1 is 0.794 bits per heavy atom. The second-order valence-corrected chi connectivity index (χ2v) is 9.60. The number of non-ortho nitro benzene ring substituents is 2. The predicted molar refractivity (Wildman–Crippen MR) is 133 cm³/mol. The fourth-order valence-corrected chi connectivity index (χ4v) is 5.26. The number of aliphatic imine (C=N–C) groups is 1. The summed E-state index contributed by atoms with van der Waals surface area (Å²) in [6, 6.07) is 9.71. The van der Waals surface area contributed by atoms with Gasteiger partial charge in [-0.2, -0.15) is 0 Å². The Balaban J connectivity index is 2.14. The zero-order valence-electron chi connectivity index (χ0n) is 17.6. The topological polar surface area (TPSA) is 142 Å². The molecule has 1 aliphatic rings. The largest absolute Gasteiger partial charge is 0.284 e. The first kappa shape index (κ1) is 23.6. The van der Waals surface area contributed by atoms with Crippen molar-refractivity contribution in [1.82, 2.24) is 0 Å². The van der Waals surface area contributed by atoms with E-state index in [2.05, 4.69) is 31.9 Å². The number of nitrogens with zero attached hydrogens (tertiary/aromatic N) is 4. The minimum atomic E-state index is -0.717. The van der Waals surface area contributed by atoms with E-state index < -0.39 is 26.1 Å². The van der Waals surface area contributed by atoms with Gasteiger partial charge in [-0.25, -0.2) is 4.99 Å². The Bertz CT molecular complexity index is 1450. The molecule has 12 heteroatoms. The number of nitro benzene ring substituents is 3. The van der Waals surface area contributed by atoms with Gasteiger partial charge in [0.1, 0.15) is 0 Å². The van der Waals surface area contributed by atoms with Crippen molar-refractivity contribution in [2.24, 2.45) is 4.99 Å². The Morgan fingerprint density at radius 2 is 1.44 bits per heavy atom. The van der Waals surface area contributed by atoms with Crippen LogP contribution in [0.25, 0.3) is 11.1 Å². The number of rotatable bonds is 5. The maximum atomic E-state index is 11.8. The molecule has 1 aliphatic carbocycles. The van der Waals surface area contributed by atoms with Crippen LogP contribution in [0, 0.1) is 30.3 Å². The molecule has 0 N–H and O–H groups in total. The highest BCUT2D eigenvalue weighted by atomic mass is 79.9. The quantitative estimate of drug-likeness (QED) is 0.178. The maximum absolute atomic E-state index is 11.8. The molecule has 34 heavy (non-hydrogen) atoms. The summed E-state index contributed by atoms with van der Waals surface area (Å²) in [5.74, 6) is 0.0399. The number of fused-ring (bicyclic) bond motifs is 3. The van der Waals surface area contributed by atoms with E-state index in [1.807, 2.05) is 19.9 Å². The highest BCUT2D eigenvalue weighted by Crippen LogP contribution is 2.47. The van der Waals surface area contributed by atoms with E-state index in [0.29, 0.717) is 15.7 Å². The molecule has 10 nitrogen and oxygen atoms in total. The number of halogens is 2. The Kier molecular flexibility index (Phi) is 6.04. The molecule has 3 aromatic rings. The summed E-state index contributed by atoms with van der Waals surface area (Å²) in [5, 5.41) is 34.8. The summed E-state index contributed by atoms with van der Waals surface area (Å²) in [7, 11) is 0. The van der Waals surface area contributed by atoms with Gasteiger partial charge in [0.2, 0.25) is 0 Å². The van der Waals surface area contributed by atoms with Crippen molar-refractivity contribution >= 4 is 60.3 Å². The molecule has 0 spiro atoms. The highest BCUT2D eigenvalue weighted by molar-refractivity contribution is 9.11. The third-order valence-electron chi connectivity index (χ3n) is 5.41. The van der Waals surface area contributed by atoms with Crippen molar-refractivity contribution in [1.29, 1.82) is 0 Å². The molecule has 0 amide bonds. The summed E-state index contributed by atoms with van der Waals surface area (Å²) in [5.41, 5.74) is 1.32. The van der Waals surface area contributed by atoms with Crippen LogP contribution >= 0.6 is 31.9 Å². The van der Waals surface area contributed by atoms with Crippen LogP contribution < -0.4 is 0 Å². The minimum Gasteiger partial charge on any atom is -0.258 e. The first-order valence-electron chi connectivity index (χ1n) is 9.83. The third kappa shape index (κ3) is 3.99. The van der Waals surface area contributed by atoms with E-state index in [1.54, 1.807) is 6.07 Å². The van der Waals surface area contributed by atoms with E-state index in [9.17, 15) is 30.3 Å². The Labute approximate surface area is 209 Å². The van der Waals surface area contributed by atoms with E-state index >= 15 is 0 Å². The van der Waals surface area contributed by atoms with Crippen molar-refractivity contribution in [2.45, 2.75) is 19.8 Å². The highest BCUT2D eigenvalue weighted by Gasteiger charge is 2.36. The number of nitro groups is 3. The van der Waals surface area contributed by atoms with Crippen LogP contribution in [0.3, 0.4) is 0 Å². The van der Waals surface area contributed by atoms with Crippen molar-refractivity contribution in [3.8, 4) is 11.1 Å². The lowest BCUT2D eigenvalue weighted by atomic mass is 10.0. The van der Waals surface area contributed by atoms with Crippen LogP contribution in [-0.2, 0) is 0 Å². The molecule has 172 valence electrons. The van der Waals surface area contributed by atoms with Gasteiger partial charge in [-0.3, -0.25) is 30.3 Å². The molecule has 4 rings (SSSR count). The lowest BCUT2D eigenvalue weighted by Crippen LogP contribution is -2.02. The van der Waals surface area contributed by atoms with Gasteiger partial charge in [0.25, 0.3) is 17.1 Å². The molecule has 0 radical (unpaired) electrons. The Hall–Kier alpha value is -3.51. The van der Waals surface area contributed by atoms with Gasteiger partial charge >= 0.3 is 0 Å². The van der Waals surface area contributed by atoms with Crippen molar-refractivity contribution < 1.29 is 14.8 Å². The first-order chi connectivity index (χ1) is 16.0. The molecule has 0 aromatic heterocycles. The van der Waals surface area contributed by atoms with Crippen LogP contribution in [0.4, 0.5) is 22.7 Å². The molecule has 0 fully saturated rings. The number of hydrogen-bond donors (Lipinski definition) is 0. The van der Waals surface area contributed by atoms with Crippen LogP contribution in [0.1, 0.15) is 36.5 Å². The molecule has 0 saturated heterocycles. The van der Waals surface area contributed by atoms with E-state index in [1.165, 1.54) is 24.3 Å². The van der Waals surface area contributed by atoms with Crippen molar-refractivity contribution in [3.63, 3.8) is 0 Å². The molecular weight excluding hydrogens is 576 g/mol. The van der Waals surface area contributed by atoms with Gasteiger partial charge in [0, 0.05) is 38.3 Å². The summed E-state index contributed by atoms with van der Waals surface area (Å²) in [6.45, 7) is 3.93. The lowest BCUT2D eigenvalue weighted by Gasteiger charge is -2.13. The zero-order chi connectivity index (χ0) is 24.9. The van der Waals surface area contributed by atoms with Gasteiger partial charge in [-0.05, 0) is 51.2 Å². The molecule has 0 atom stereocenters. The number of hydrogen-bond acceptors (Lipinski definition) is 7. The van der Waals surface area contributed by atoms with E-state index in [4.69, 9.17) is 4.99 Å². The average Bonchev–Trinajstić information content (AvgIpc) is 3.07. The first-order valence-corrected chi connectivity index (χ1v) is 11.4. The predicted octanol–water partition coefficient (Wildman–Crippen LogP) is 7.21. The maximum Gasteiger partial charge on any atom is 0.284 e. The van der Waals surface area contributed by atoms with E-state index in [-0.39, 0.29) is 34.0 Å². The van der Waals surface area contributed by atoms with Gasteiger partial charge in [-0.15, -0.1) is 0 Å². The molecule has 0 aliphatic heterocycles. The fraction of sp³-hybridized carbons (Fsp3) is 0.136. The third-order valence-corrected chi connectivity index (χ3v) is 6.47. The van der Waals surface area contributed by atoms with Crippen molar-refractivity contribution in [3.05, 3.63) is 98.4 Å². The van der Waals surface area contributed by atoms with Gasteiger partial charge < -0.3 is 0 Å². The number of benzene rings is 3. The minimum absolute atomic E-state index is 0.0399. The summed E-state index contributed by atoms with van der Waals surface area (Å²) >= 11 is 6.96. The van der Waals surface area contributed by atoms with Crippen LogP contribution in [0.15, 0.2) is 56.4 Å². The zero-order valence-corrected chi connectivity index (χ0v) is 20.8. The molecule has 0 bridgehead atoms. The van der Waals surface area contributed by atoms with Crippen molar-refractivity contribution in [2.75, 3.05) is 0 Å². The van der Waals surface area contributed by atoms with Gasteiger partial charge in [0.05, 0.1) is 37.8 Å². The molecule has 0 saturated carbocycles. The standard InChI is InChI=1S/C22H14Br2N4O6/c1-10(2)15-5-11(23)6-18(24)22(15)25-21-16-7-12(26(29)30)3-4-14(16)20-17(21)8-13(27(31)32)9-19(20)28(33)34/h3-10H,1-2H3. The monoisotopic (exact) mass is 588 g/mol. The fourth-order valence-electron chi connectivity index (χ4n) is 3.91. The summed E-state index contributed by atoms with van der Waals surface area (Å²) in [6.07, 6.45) is 0. The van der Waals surface area contributed by atoms with Gasteiger partial charge in [0.15, 0.2) is 0 Å². The van der Waals surface area contributed by atoms with Crippen LogP contribution in [-0.4, -0.2) is 20.5 Å². The molecule has 3 aromatic carbocycles. The van der Waals surface area contributed by atoms with Crippen LogP contribution in [0.2, 0.25) is 0 Å². The molecule has 0 unspecified atom stereocenters. The normalized spacial score (nSPS) is 13.1. The van der Waals surface area contributed by atoms with Crippen LogP contribution in [0.5, 0.6) is 0 Å². The lowest BCUT2D eigenvalue weighted by molar-refractivity contribution is -0.393. The smallest absolute Gasteiger partial charge is 0.258 e. The summed E-state index contributed by atoms with van der Waals surface area (Å²) < 4.78 is 1.43. The average molecular weight is 590 g/mol. The van der Waals surface area contributed by atoms with Gasteiger partial charge in [-0.1, -0.05) is 29.8 Å². The SMILES string of the molecule is CC(C)c1cc(Br)cc(Br)c1N=C1c2cc([N+](=O)[O-])ccc2-c2c1cc([N+](=O)[O-])cc2[N+](=O)[O-]. The summed E-state index contributed by atoms with van der Waals surface area (Å²) in [4.78, 5) is 37.6. The molecule has 0 heterocycles. The second-order valence-electron chi connectivity index (χ2n) is 7.83. The van der Waals surface area contributed by atoms with E-state index in [0.717, 1.165) is 16.1 Å².